The molecule has 1 N–H and O–H groups in total. The summed E-state index contributed by atoms with van der Waals surface area (Å²) in [4.78, 5) is 23.1. The maximum atomic E-state index is 11.8. The van der Waals surface area contributed by atoms with Crippen LogP contribution in [0.1, 0.15) is 33.1 Å². The van der Waals surface area contributed by atoms with Gasteiger partial charge in [-0.3, -0.25) is 9.79 Å². The van der Waals surface area contributed by atoms with Crippen molar-refractivity contribution >= 4 is 35.0 Å². The average Bonchev–Trinajstić information content (AvgIpc) is 3.14. The molecule has 0 aromatic carbocycles. The molecule has 6 nitrogen and oxygen atoms in total. The van der Waals surface area contributed by atoms with Crippen LogP contribution in [0.3, 0.4) is 0 Å². The normalized spacial score (nSPS) is 16.1. The Morgan fingerprint density at radius 2 is 2.28 bits per heavy atom. The third-order valence-electron chi connectivity index (χ3n) is 3.95. The Morgan fingerprint density at radius 3 is 2.92 bits per heavy atom. The first kappa shape index (κ1) is 20.0. The van der Waals surface area contributed by atoms with E-state index in [2.05, 4.69) is 22.1 Å². The number of aromatic nitrogens is 1. The van der Waals surface area contributed by atoms with E-state index in [4.69, 9.17) is 9.73 Å². The lowest BCUT2D eigenvalue weighted by Crippen LogP contribution is -2.46. The van der Waals surface area contributed by atoms with E-state index < -0.39 is 0 Å². The summed E-state index contributed by atoms with van der Waals surface area (Å²) in [5.41, 5.74) is 0. The molecule has 1 aromatic heterocycles. The standard InChI is InChI=1S/C17H28N4O2S2/c1-3-18-16(19-8-5-12-24-17-20-9-13-25-17)21-10-6-14(7-11-21)15(22)23-4-2/h9,13-14H,3-8,10-12H2,1-2H3,(H,18,19). The molecule has 0 bridgehead atoms. The van der Waals surface area contributed by atoms with Gasteiger partial charge < -0.3 is 15.0 Å². The number of nitrogens with zero attached hydrogens (tertiary/aromatic N) is 3. The van der Waals surface area contributed by atoms with Gasteiger partial charge in [0.05, 0.1) is 12.5 Å². The van der Waals surface area contributed by atoms with Gasteiger partial charge in [0, 0.05) is 43.5 Å². The van der Waals surface area contributed by atoms with Crippen molar-refractivity contribution in [1.82, 2.24) is 15.2 Å². The van der Waals surface area contributed by atoms with Crippen LogP contribution in [0.25, 0.3) is 0 Å². The van der Waals surface area contributed by atoms with Crippen LogP contribution in [0.5, 0.6) is 0 Å². The Hall–Kier alpha value is -1.28. The van der Waals surface area contributed by atoms with Crippen LogP contribution in [-0.2, 0) is 9.53 Å². The highest BCUT2D eigenvalue weighted by atomic mass is 32.2. The molecule has 0 aliphatic carbocycles. The molecular weight excluding hydrogens is 356 g/mol. The number of hydrogen-bond acceptors (Lipinski definition) is 6. The highest BCUT2D eigenvalue weighted by Crippen LogP contribution is 2.21. The third-order valence-corrected chi connectivity index (χ3v) is 6.00. The minimum Gasteiger partial charge on any atom is -0.466 e. The maximum absolute atomic E-state index is 11.8. The second-order valence-electron chi connectivity index (χ2n) is 5.75. The van der Waals surface area contributed by atoms with E-state index in [-0.39, 0.29) is 11.9 Å². The monoisotopic (exact) mass is 384 g/mol. The van der Waals surface area contributed by atoms with Gasteiger partial charge in [0.25, 0.3) is 0 Å². The number of guanidine groups is 1. The fourth-order valence-electron chi connectivity index (χ4n) is 2.70. The number of carbonyl (C=O) groups is 1. The first-order valence-electron chi connectivity index (χ1n) is 8.96. The van der Waals surface area contributed by atoms with Gasteiger partial charge in [-0.05, 0) is 33.1 Å². The number of hydrogen-bond donors (Lipinski definition) is 1. The smallest absolute Gasteiger partial charge is 0.309 e. The Balaban J connectivity index is 1.74. The molecular formula is C17H28N4O2S2. The first-order chi connectivity index (χ1) is 12.2. The molecule has 8 heteroatoms. The van der Waals surface area contributed by atoms with Crippen molar-refractivity contribution in [3.05, 3.63) is 11.6 Å². The van der Waals surface area contributed by atoms with E-state index in [0.717, 1.165) is 61.5 Å². The van der Waals surface area contributed by atoms with Gasteiger partial charge in [-0.1, -0.05) is 11.8 Å². The minimum absolute atomic E-state index is 0.0359. The van der Waals surface area contributed by atoms with Gasteiger partial charge in [0.1, 0.15) is 4.34 Å². The Bertz CT molecular complexity index is 529. The molecule has 1 fully saturated rings. The van der Waals surface area contributed by atoms with Gasteiger partial charge in [0.15, 0.2) is 5.96 Å². The van der Waals surface area contributed by atoms with E-state index in [1.165, 1.54) is 0 Å². The highest BCUT2D eigenvalue weighted by molar-refractivity contribution is 8.00. The zero-order valence-corrected chi connectivity index (χ0v) is 16.7. The number of aliphatic imine (C=N–C) groups is 1. The number of thiazole rings is 1. The third kappa shape index (κ3) is 6.86. The zero-order chi connectivity index (χ0) is 17.9. The SMILES string of the molecule is CCNC(=NCCCSc1nccs1)N1CCC(C(=O)OCC)CC1. The summed E-state index contributed by atoms with van der Waals surface area (Å²) >= 11 is 3.47. The van der Waals surface area contributed by atoms with Crippen LogP contribution in [0.4, 0.5) is 0 Å². The first-order valence-corrected chi connectivity index (χ1v) is 10.8. The summed E-state index contributed by atoms with van der Waals surface area (Å²) in [5, 5.41) is 5.37. The van der Waals surface area contributed by atoms with Crippen LogP contribution in [-0.4, -0.2) is 60.4 Å². The molecule has 25 heavy (non-hydrogen) atoms. The van der Waals surface area contributed by atoms with Crippen LogP contribution < -0.4 is 5.32 Å². The fraction of sp³-hybridized carbons (Fsp3) is 0.706. The van der Waals surface area contributed by atoms with Crippen LogP contribution in [0.2, 0.25) is 0 Å². The molecule has 1 saturated heterocycles. The lowest BCUT2D eigenvalue weighted by molar-refractivity contribution is -0.149. The van der Waals surface area contributed by atoms with Crippen molar-refractivity contribution in [3.63, 3.8) is 0 Å². The second kappa shape index (κ2) is 11.4. The largest absolute Gasteiger partial charge is 0.466 e. The molecule has 1 aliphatic rings. The molecule has 140 valence electrons. The average molecular weight is 385 g/mol. The van der Waals surface area contributed by atoms with Gasteiger partial charge >= 0.3 is 5.97 Å². The van der Waals surface area contributed by atoms with Crippen molar-refractivity contribution in [3.8, 4) is 0 Å². The molecule has 2 rings (SSSR count). The summed E-state index contributed by atoms with van der Waals surface area (Å²) in [6.07, 6.45) is 4.54. The predicted octanol–water partition coefficient (Wildman–Crippen LogP) is 2.87. The Kier molecular flexibility index (Phi) is 9.10. The summed E-state index contributed by atoms with van der Waals surface area (Å²) in [6.45, 7) is 7.76. The molecule has 0 unspecified atom stereocenters. The van der Waals surface area contributed by atoms with Crippen molar-refractivity contribution in [2.75, 3.05) is 38.5 Å². The zero-order valence-electron chi connectivity index (χ0n) is 15.1. The predicted molar refractivity (Wildman–Crippen MR) is 104 cm³/mol. The molecule has 0 spiro atoms. The lowest BCUT2D eigenvalue weighted by atomic mass is 9.97. The number of likely N-dealkylation sites (tertiary alicyclic amines) is 1. The van der Waals surface area contributed by atoms with Crippen molar-refractivity contribution < 1.29 is 9.53 Å². The van der Waals surface area contributed by atoms with Crippen molar-refractivity contribution in [1.29, 1.82) is 0 Å². The highest BCUT2D eigenvalue weighted by Gasteiger charge is 2.27. The number of piperidine rings is 1. The molecule has 1 aliphatic heterocycles. The number of carbonyl (C=O) groups excluding carboxylic acids is 1. The van der Waals surface area contributed by atoms with Gasteiger partial charge in [0.2, 0.25) is 0 Å². The summed E-state index contributed by atoms with van der Waals surface area (Å²) in [6, 6.07) is 0. The van der Waals surface area contributed by atoms with E-state index in [1.54, 1.807) is 23.1 Å². The van der Waals surface area contributed by atoms with Crippen LogP contribution >= 0.6 is 23.1 Å². The molecule has 0 atom stereocenters. The summed E-state index contributed by atoms with van der Waals surface area (Å²) < 4.78 is 6.26. The quantitative estimate of drug-likeness (QED) is 0.244. The maximum Gasteiger partial charge on any atom is 0.309 e. The molecule has 0 radical (unpaired) electrons. The molecule has 0 saturated carbocycles. The number of ether oxygens (including phenoxy) is 1. The van der Waals surface area contributed by atoms with Crippen molar-refractivity contribution in [2.24, 2.45) is 10.9 Å². The molecule has 2 heterocycles. The number of esters is 1. The minimum atomic E-state index is -0.0525. The van der Waals surface area contributed by atoms with E-state index in [0.29, 0.717) is 6.61 Å². The Morgan fingerprint density at radius 1 is 1.48 bits per heavy atom. The number of rotatable bonds is 8. The van der Waals surface area contributed by atoms with Gasteiger partial charge in [-0.2, -0.15) is 0 Å². The molecule has 0 amide bonds. The van der Waals surface area contributed by atoms with Crippen molar-refractivity contribution in [2.45, 2.75) is 37.4 Å². The number of thioether (sulfide) groups is 1. The Labute approximate surface area is 158 Å². The van der Waals surface area contributed by atoms with Crippen LogP contribution in [0.15, 0.2) is 20.9 Å². The van der Waals surface area contributed by atoms with Crippen LogP contribution in [0, 0.1) is 5.92 Å². The number of nitrogens with one attached hydrogen (secondary N) is 1. The summed E-state index contributed by atoms with van der Waals surface area (Å²) in [7, 11) is 0. The van der Waals surface area contributed by atoms with E-state index >= 15 is 0 Å². The fourth-order valence-corrected chi connectivity index (χ4v) is 4.34. The lowest BCUT2D eigenvalue weighted by Gasteiger charge is -2.33. The van der Waals surface area contributed by atoms with Gasteiger partial charge in [-0.15, -0.1) is 11.3 Å². The van der Waals surface area contributed by atoms with Gasteiger partial charge in [-0.25, -0.2) is 4.98 Å². The van der Waals surface area contributed by atoms with E-state index in [9.17, 15) is 4.79 Å². The second-order valence-corrected chi connectivity index (χ2v) is 7.99. The topological polar surface area (TPSA) is 66.8 Å². The molecule has 1 aromatic rings. The summed E-state index contributed by atoms with van der Waals surface area (Å²) in [5.74, 6) is 1.97. The van der Waals surface area contributed by atoms with E-state index in [1.807, 2.05) is 18.5 Å².